The lowest BCUT2D eigenvalue weighted by Crippen LogP contribution is -2.44. The van der Waals surface area contributed by atoms with Gasteiger partial charge in [-0.25, -0.2) is 0 Å². The van der Waals surface area contributed by atoms with Gasteiger partial charge < -0.3 is 5.73 Å². The summed E-state index contributed by atoms with van der Waals surface area (Å²) >= 11 is 2.10. The molecular weight excluding hydrogens is 180 g/mol. The monoisotopic (exact) mass is 200 g/mol. The molecule has 0 aromatic rings. The van der Waals surface area contributed by atoms with Crippen molar-refractivity contribution in [1.29, 1.82) is 0 Å². The second-order valence-electron chi connectivity index (χ2n) is 4.22. The quantitative estimate of drug-likeness (QED) is 0.692. The van der Waals surface area contributed by atoms with Gasteiger partial charge in [-0.1, -0.05) is 0 Å². The summed E-state index contributed by atoms with van der Waals surface area (Å²) < 4.78 is 0. The number of hydrogen-bond acceptors (Lipinski definition) is 3. The minimum absolute atomic E-state index is 0.496. The third-order valence-electron chi connectivity index (χ3n) is 3.30. The van der Waals surface area contributed by atoms with Gasteiger partial charge in [-0.15, -0.1) is 0 Å². The van der Waals surface area contributed by atoms with E-state index in [1.807, 2.05) is 0 Å². The molecule has 0 spiro atoms. The lowest BCUT2D eigenvalue weighted by atomic mass is 9.91. The first-order valence-electron chi connectivity index (χ1n) is 5.43. The highest BCUT2D eigenvalue weighted by Gasteiger charge is 2.24. The average molecular weight is 200 g/mol. The molecule has 3 heteroatoms. The van der Waals surface area contributed by atoms with Crippen molar-refractivity contribution in [3.05, 3.63) is 0 Å². The van der Waals surface area contributed by atoms with Crippen molar-refractivity contribution < 1.29 is 0 Å². The van der Waals surface area contributed by atoms with E-state index in [4.69, 9.17) is 5.73 Å². The number of nitrogens with zero attached hydrogens (tertiary/aromatic N) is 1. The van der Waals surface area contributed by atoms with Crippen LogP contribution < -0.4 is 5.73 Å². The van der Waals surface area contributed by atoms with Gasteiger partial charge in [0.05, 0.1) is 0 Å². The van der Waals surface area contributed by atoms with Crippen molar-refractivity contribution in [3.8, 4) is 0 Å². The molecule has 2 aliphatic rings. The first-order valence-corrected chi connectivity index (χ1v) is 6.59. The summed E-state index contributed by atoms with van der Waals surface area (Å²) in [5.74, 6) is 2.67. The van der Waals surface area contributed by atoms with Crippen LogP contribution in [0, 0.1) is 0 Å². The number of nitrogens with two attached hydrogens (primary N) is 1. The summed E-state index contributed by atoms with van der Waals surface area (Å²) in [6, 6.07) is 1.36. The molecule has 0 radical (unpaired) electrons. The molecule has 76 valence electrons. The Morgan fingerprint density at radius 3 is 2.23 bits per heavy atom. The van der Waals surface area contributed by atoms with Crippen molar-refractivity contribution in [3.63, 3.8) is 0 Å². The zero-order chi connectivity index (χ0) is 9.10. The molecule has 0 bridgehead atoms. The molecule has 2 nitrogen and oxygen atoms in total. The number of thioether (sulfide) groups is 1. The Hall–Kier alpha value is 0.270. The highest BCUT2D eigenvalue weighted by Crippen LogP contribution is 2.24. The van der Waals surface area contributed by atoms with Crippen LogP contribution in [0.2, 0.25) is 0 Å². The third-order valence-corrected chi connectivity index (χ3v) is 4.25. The van der Waals surface area contributed by atoms with Gasteiger partial charge in [-0.05, 0) is 25.7 Å². The fourth-order valence-corrected chi connectivity index (χ4v) is 3.34. The lowest BCUT2D eigenvalue weighted by molar-refractivity contribution is 0.164. The molecule has 0 aromatic heterocycles. The second kappa shape index (κ2) is 4.67. The van der Waals surface area contributed by atoms with Crippen molar-refractivity contribution >= 4 is 11.8 Å². The van der Waals surface area contributed by atoms with Gasteiger partial charge in [-0.2, -0.15) is 11.8 Å². The Morgan fingerprint density at radius 2 is 1.62 bits per heavy atom. The normalized spacial score (nSPS) is 37.6. The summed E-state index contributed by atoms with van der Waals surface area (Å²) in [5, 5.41) is 0. The molecule has 0 amide bonds. The Kier molecular flexibility index (Phi) is 3.52. The van der Waals surface area contributed by atoms with Crippen LogP contribution in [0.3, 0.4) is 0 Å². The smallest absolute Gasteiger partial charge is 0.00970 e. The van der Waals surface area contributed by atoms with E-state index in [-0.39, 0.29) is 0 Å². The van der Waals surface area contributed by atoms with E-state index >= 15 is 0 Å². The van der Waals surface area contributed by atoms with Gasteiger partial charge in [0, 0.05) is 36.7 Å². The molecule has 13 heavy (non-hydrogen) atoms. The predicted octanol–water partition coefficient (Wildman–Crippen LogP) is 1.31. The number of hydrogen-bond donors (Lipinski definition) is 1. The van der Waals surface area contributed by atoms with Gasteiger partial charge in [0.2, 0.25) is 0 Å². The van der Waals surface area contributed by atoms with Gasteiger partial charge >= 0.3 is 0 Å². The van der Waals surface area contributed by atoms with Crippen LogP contribution in [0.25, 0.3) is 0 Å². The Morgan fingerprint density at radius 1 is 1.00 bits per heavy atom. The first kappa shape index (κ1) is 9.81. The van der Waals surface area contributed by atoms with E-state index in [0.717, 1.165) is 6.04 Å². The van der Waals surface area contributed by atoms with Crippen LogP contribution in [-0.2, 0) is 0 Å². The molecule has 1 saturated carbocycles. The molecule has 0 atom stereocenters. The minimum atomic E-state index is 0.496. The molecule has 0 aromatic carbocycles. The van der Waals surface area contributed by atoms with E-state index in [0.29, 0.717) is 6.04 Å². The third kappa shape index (κ3) is 2.61. The van der Waals surface area contributed by atoms with Crippen molar-refractivity contribution in [1.82, 2.24) is 4.90 Å². The number of rotatable bonds is 1. The van der Waals surface area contributed by atoms with Crippen LogP contribution >= 0.6 is 11.8 Å². The molecule has 1 heterocycles. The largest absolute Gasteiger partial charge is 0.328 e. The molecule has 1 aliphatic carbocycles. The van der Waals surface area contributed by atoms with Crippen molar-refractivity contribution in [2.45, 2.75) is 37.8 Å². The van der Waals surface area contributed by atoms with Crippen LogP contribution in [-0.4, -0.2) is 41.6 Å². The topological polar surface area (TPSA) is 29.3 Å². The van der Waals surface area contributed by atoms with E-state index < -0.39 is 0 Å². The van der Waals surface area contributed by atoms with Crippen molar-refractivity contribution in [2.75, 3.05) is 24.6 Å². The molecule has 2 rings (SSSR count). The summed E-state index contributed by atoms with van der Waals surface area (Å²) in [5.41, 5.74) is 5.90. The Balaban J connectivity index is 1.79. The van der Waals surface area contributed by atoms with Crippen molar-refractivity contribution in [2.24, 2.45) is 5.73 Å². The standard InChI is InChI=1S/C10H20N2S/c11-9-1-3-10(4-2-9)12-5-7-13-8-6-12/h9-10H,1-8,11H2/t9-,10-. The van der Waals surface area contributed by atoms with Gasteiger partial charge in [-0.3, -0.25) is 4.90 Å². The van der Waals surface area contributed by atoms with E-state index in [9.17, 15) is 0 Å². The van der Waals surface area contributed by atoms with E-state index in [1.165, 1.54) is 50.3 Å². The summed E-state index contributed by atoms with van der Waals surface area (Å²) in [4.78, 5) is 2.68. The molecule has 2 fully saturated rings. The fraction of sp³-hybridized carbons (Fsp3) is 1.00. The second-order valence-corrected chi connectivity index (χ2v) is 5.44. The lowest BCUT2D eigenvalue weighted by Gasteiger charge is -2.37. The summed E-state index contributed by atoms with van der Waals surface area (Å²) in [7, 11) is 0. The highest BCUT2D eigenvalue weighted by atomic mass is 32.2. The summed E-state index contributed by atoms with van der Waals surface area (Å²) in [6.45, 7) is 2.62. The SMILES string of the molecule is N[C@H]1CC[C@H](N2CCSCC2)CC1. The summed E-state index contributed by atoms with van der Waals surface area (Å²) in [6.07, 6.45) is 5.17. The minimum Gasteiger partial charge on any atom is -0.328 e. The maximum atomic E-state index is 5.90. The van der Waals surface area contributed by atoms with Crippen LogP contribution in [0.15, 0.2) is 0 Å². The molecule has 1 saturated heterocycles. The predicted molar refractivity (Wildman–Crippen MR) is 59.1 cm³/mol. The fourth-order valence-electron chi connectivity index (χ4n) is 2.41. The Bertz CT molecular complexity index is 149. The van der Waals surface area contributed by atoms with E-state index in [2.05, 4.69) is 16.7 Å². The first-order chi connectivity index (χ1) is 6.36. The zero-order valence-electron chi connectivity index (χ0n) is 8.24. The maximum Gasteiger partial charge on any atom is 0.00970 e. The average Bonchev–Trinajstić information content (AvgIpc) is 2.20. The Labute approximate surface area is 85.2 Å². The van der Waals surface area contributed by atoms with Gasteiger partial charge in [0.15, 0.2) is 0 Å². The molecular formula is C10H20N2S. The molecule has 1 aliphatic heterocycles. The zero-order valence-corrected chi connectivity index (χ0v) is 9.06. The van der Waals surface area contributed by atoms with Gasteiger partial charge in [0.25, 0.3) is 0 Å². The van der Waals surface area contributed by atoms with Crippen LogP contribution in [0.1, 0.15) is 25.7 Å². The molecule has 0 unspecified atom stereocenters. The van der Waals surface area contributed by atoms with E-state index in [1.54, 1.807) is 0 Å². The highest BCUT2D eigenvalue weighted by molar-refractivity contribution is 7.99. The maximum absolute atomic E-state index is 5.90. The van der Waals surface area contributed by atoms with Crippen LogP contribution in [0.5, 0.6) is 0 Å². The van der Waals surface area contributed by atoms with Gasteiger partial charge in [0.1, 0.15) is 0 Å². The molecule has 2 N–H and O–H groups in total. The van der Waals surface area contributed by atoms with Crippen LogP contribution in [0.4, 0.5) is 0 Å².